The molecule has 0 bridgehead atoms. The summed E-state index contributed by atoms with van der Waals surface area (Å²) in [6, 6.07) is 11.9. The van der Waals surface area contributed by atoms with Gasteiger partial charge in [-0.15, -0.1) is 0 Å². The Balaban J connectivity index is 1.72. The largest absolute Gasteiger partial charge is 0.484 e. The third kappa shape index (κ3) is 7.12. The molecule has 0 spiro atoms. The first kappa shape index (κ1) is 24.9. The van der Waals surface area contributed by atoms with Crippen LogP contribution in [0.25, 0.3) is 0 Å². The third-order valence-corrected chi connectivity index (χ3v) is 6.90. The minimum Gasteiger partial charge on any atom is -0.484 e. The molecule has 1 N–H and O–H groups in total. The van der Waals surface area contributed by atoms with Crippen LogP contribution in [0.3, 0.4) is 0 Å². The molecule has 0 aliphatic heterocycles. The van der Waals surface area contributed by atoms with Gasteiger partial charge in [-0.3, -0.25) is 9.59 Å². The summed E-state index contributed by atoms with van der Waals surface area (Å²) < 4.78 is 6.59. The van der Waals surface area contributed by atoms with Crippen molar-refractivity contribution in [3.63, 3.8) is 0 Å². The van der Waals surface area contributed by atoms with Crippen molar-refractivity contribution in [3.05, 3.63) is 62.5 Å². The van der Waals surface area contributed by atoms with Crippen molar-refractivity contribution in [1.29, 1.82) is 0 Å². The second-order valence-corrected chi connectivity index (χ2v) is 9.76. The molecule has 5 nitrogen and oxygen atoms in total. The fourth-order valence-corrected chi connectivity index (χ4v) is 4.33. The number of hydrogen-bond acceptors (Lipinski definition) is 3. The smallest absolute Gasteiger partial charge is 0.261 e. The van der Waals surface area contributed by atoms with Crippen LogP contribution in [0.5, 0.6) is 5.75 Å². The number of halogens is 3. The van der Waals surface area contributed by atoms with Crippen LogP contribution in [0, 0.1) is 0 Å². The molecule has 0 saturated heterocycles. The van der Waals surface area contributed by atoms with Crippen LogP contribution in [-0.2, 0) is 16.1 Å². The van der Waals surface area contributed by atoms with Gasteiger partial charge in [0, 0.05) is 17.1 Å². The summed E-state index contributed by atoms with van der Waals surface area (Å²) in [5, 5.41) is 3.96. The first-order valence-corrected chi connectivity index (χ1v) is 12.3. The number of nitrogens with one attached hydrogen (secondary N) is 1. The Morgan fingerprint density at radius 1 is 1.09 bits per heavy atom. The Hall–Kier alpha value is -1.76. The van der Waals surface area contributed by atoms with Gasteiger partial charge in [-0.1, -0.05) is 64.5 Å². The van der Waals surface area contributed by atoms with E-state index in [0.29, 0.717) is 15.8 Å². The molecule has 1 aliphatic rings. The summed E-state index contributed by atoms with van der Waals surface area (Å²) in [6.45, 7) is 1.79. The lowest BCUT2D eigenvalue weighted by molar-refractivity contribution is -0.142. The topological polar surface area (TPSA) is 58.6 Å². The van der Waals surface area contributed by atoms with E-state index in [0.717, 1.165) is 35.7 Å². The third-order valence-electron chi connectivity index (χ3n) is 5.63. The van der Waals surface area contributed by atoms with Crippen molar-refractivity contribution >= 4 is 50.9 Å². The van der Waals surface area contributed by atoms with Crippen molar-refractivity contribution < 1.29 is 14.3 Å². The van der Waals surface area contributed by atoms with E-state index in [1.54, 1.807) is 37.3 Å². The number of benzene rings is 2. The Labute approximate surface area is 207 Å². The van der Waals surface area contributed by atoms with E-state index < -0.39 is 6.04 Å². The Bertz CT molecular complexity index is 933. The molecule has 0 aromatic heterocycles. The number of amides is 2. The normalized spacial score (nSPS) is 15.1. The molecular formula is C24H27BrCl2N2O3. The Morgan fingerprint density at radius 2 is 1.78 bits per heavy atom. The maximum atomic E-state index is 13.1. The molecule has 3 rings (SSSR count). The van der Waals surface area contributed by atoms with Crippen molar-refractivity contribution in [2.75, 3.05) is 6.61 Å². The molecule has 1 unspecified atom stereocenters. The zero-order valence-corrected chi connectivity index (χ0v) is 21.0. The van der Waals surface area contributed by atoms with Gasteiger partial charge in [-0.2, -0.15) is 0 Å². The average molecular weight is 542 g/mol. The summed E-state index contributed by atoms with van der Waals surface area (Å²) >= 11 is 15.6. The maximum absolute atomic E-state index is 13.1. The first-order valence-electron chi connectivity index (χ1n) is 10.8. The summed E-state index contributed by atoms with van der Waals surface area (Å²) in [5.74, 6) is 0.134. The number of ether oxygens (including phenoxy) is 1. The van der Waals surface area contributed by atoms with E-state index in [9.17, 15) is 9.59 Å². The van der Waals surface area contributed by atoms with Crippen LogP contribution in [0.4, 0.5) is 0 Å². The van der Waals surface area contributed by atoms with Crippen LogP contribution in [-0.4, -0.2) is 35.4 Å². The number of nitrogens with zero attached hydrogens (tertiary/aromatic N) is 1. The number of hydrogen-bond donors (Lipinski definition) is 1. The van der Waals surface area contributed by atoms with Gasteiger partial charge < -0.3 is 15.0 Å². The van der Waals surface area contributed by atoms with Crippen LogP contribution in [0.2, 0.25) is 10.0 Å². The molecule has 172 valence electrons. The molecule has 2 aromatic carbocycles. The molecule has 2 amide bonds. The second kappa shape index (κ2) is 11.9. The molecule has 2 aromatic rings. The lowest BCUT2D eigenvalue weighted by Gasteiger charge is -2.31. The molecule has 8 heteroatoms. The maximum Gasteiger partial charge on any atom is 0.261 e. The van der Waals surface area contributed by atoms with Gasteiger partial charge in [0.25, 0.3) is 5.91 Å². The van der Waals surface area contributed by atoms with E-state index in [2.05, 4.69) is 21.2 Å². The quantitative estimate of drug-likeness (QED) is 0.445. The molecule has 1 saturated carbocycles. The Kier molecular flexibility index (Phi) is 9.26. The van der Waals surface area contributed by atoms with Crippen LogP contribution < -0.4 is 10.1 Å². The zero-order chi connectivity index (χ0) is 23.1. The predicted octanol–water partition coefficient (Wildman–Crippen LogP) is 6.00. The minimum atomic E-state index is -0.660. The van der Waals surface area contributed by atoms with Gasteiger partial charge in [0.15, 0.2) is 6.61 Å². The highest BCUT2D eigenvalue weighted by Gasteiger charge is 2.28. The standard InChI is InChI=1S/C24H27BrCl2N2O3/c1-16(24(31)28-19-5-3-2-4-6-19)29(14-17-7-12-21(26)22(27)13-17)23(30)15-32-20-10-8-18(25)9-11-20/h7-13,16,19H,2-6,14-15H2,1H3,(H,28,31). The van der Waals surface area contributed by atoms with Crippen molar-refractivity contribution in [2.45, 2.75) is 57.7 Å². The molecule has 32 heavy (non-hydrogen) atoms. The van der Waals surface area contributed by atoms with Crippen molar-refractivity contribution in [1.82, 2.24) is 10.2 Å². The van der Waals surface area contributed by atoms with Gasteiger partial charge in [0.1, 0.15) is 11.8 Å². The van der Waals surface area contributed by atoms with Gasteiger partial charge in [0.05, 0.1) is 10.0 Å². The molecular weight excluding hydrogens is 515 g/mol. The summed E-state index contributed by atoms with van der Waals surface area (Å²) in [5.41, 5.74) is 0.786. The molecule has 1 aliphatic carbocycles. The monoisotopic (exact) mass is 540 g/mol. The number of carbonyl (C=O) groups excluding carboxylic acids is 2. The lowest BCUT2D eigenvalue weighted by atomic mass is 9.95. The van der Waals surface area contributed by atoms with Gasteiger partial charge in [-0.05, 0) is 61.7 Å². The van der Waals surface area contributed by atoms with E-state index in [4.69, 9.17) is 27.9 Å². The fourth-order valence-electron chi connectivity index (χ4n) is 3.74. The second-order valence-electron chi connectivity index (χ2n) is 8.03. The fraction of sp³-hybridized carbons (Fsp3) is 0.417. The van der Waals surface area contributed by atoms with Crippen LogP contribution in [0.1, 0.15) is 44.6 Å². The Morgan fingerprint density at radius 3 is 2.44 bits per heavy atom. The lowest BCUT2D eigenvalue weighted by Crippen LogP contribution is -2.51. The SMILES string of the molecule is CC(C(=O)NC1CCCCC1)N(Cc1ccc(Cl)c(Cl)c1)C(=O)COc1ccc(Br)cc1. The number of carbonyl (C=O) groups is 2. The highest BCUT2D eigenvalue weighted by Crippen LogP contribution is 2.24. The van der Waals surface area contributed by atoms with E-state index in [1.807, 2.05) is 12.1 Å². The van der Waals surface area contributed by atoms with Gasteiger partial charge in [-0.25, -0.2) is 0 Å². The van der Waals surface area contributed by atoms with Gasteiger partial charge >= 0.3 is 0 Å². The predicted molar refractivity (Wildman–Crippen MR) is 131 cm³/mol. The average Bonchev–Trinajstić information content (AvgIpc) is 2.79. The molecule has 0 radical (unpaired) electrons. The van der Waals surface area contributed by atoms with E-state index >= 15 is 0 Å². The van der Waals surface area contributed by atoms with Crippen molar-refractivity contribution in [3.8, 4) is 5.75 Å². The summed E-state index contributed by atoms with van der Waals surface area (Å²) in [6.07, 6.45) is 5.40. The van der Waals surface area contributed by atoms with Crippen molar-refractivity contribution in [2.24, 2.45) is 0 Å². The van der Waals surface area contributed by atoms with Crippen LogP contribution in [0.15, 0.2) is 46.9 Å². The highest BCUT2D eigenvalue weighted by atomic mass is 79.9. The first-order chi connectivity index (χ1) is 15.3. The summed E-state index contributed by atoms with van der Waals surface area (Å²) in [7, 11) is 0. The van der Waals surface area contributed by atoms with E-state index in [-0.39, 0.29) is 31.0 Å². The van der Waals surface area contributed by atoms with Gasteiger partial charge in [0.2, 0.25) is 5.91 Å². The molecule has 1 atom stereocenters. The minimum absolute atomic E-state index is 0.158. The molecule has 0 heterocycles. The van der Waals surface area contributed by atoms with Crippen LogP contribution >= 0.6 is 39.1 Å². The molecule has 1 fully saturated rings. The number of rotatable bonds is 8. The zero-order valence-electron chi connectivity index (χ0n) is 18.0. The van der Waals surface area contributed by atoms with E-state index in [1.165, 1.54) is 11.3 Å². The summed E-state index contributed by atoms with van der Waals surface area (Å²) in [4.78, 5) is 27.6. The highest BCUT2D eigenvalue weighted by molar-refractivity contribution is 9.10.